The third-order valence-electron chi connectivity index (χ3n) is 5.12. The Hall–Kier alpha value is -3.12. The number of ketones is 1. The molecule has 0 aromatic heterocycles. The van der Waals surface area contributed by atoms with Gasteiger partial charge in [-0.05, 0) is 57.8 Å². The number of benzene rings is 2. The fraction of sp³-hybridized carbons (Fsp3) is 0.333. The molecule has 2 aromatic carbocycles. The second kappa shape index (κ2) is 9.13. The molecule has 3 rings (SSSR count). The third kappa shape index (κ3) is 4.39. The van der Waals surface area contributed by atoms with Crippen molar-refractivity contribution in [1.82, 2.24) is 9.80 Å². The van der Waals surface area contributed by atoms with E-state index < -0.39 is 17.7 Å². The van der Waals surface area contributed by atoms with Gasteiger partial charge < -0.3 is 19.6 Å². The lowest BCUT2D eigenvalue weighted by molar-refractivity contribution is -0.140. The van der Waals surface area contributed by atoms with Crippen molar-refractivity contribution in [3.05, 3.63) is 70.8 Å². The molecule has 2 aromatic rings. The predicted molar refractivity (Wildman–Crippen MR) is 116 cm³/mol. The number of amides is 1. The quantitative estimate of drug-likeness (QED) is 0.432. The van der Waals surface area contributed by atoms with E-state index in [1.165, 1.54) is 0 Å². The fourth-order valence-corrected chi connectivity index (χ4v) is 3.64. The summed E-state index contributed by atoms with van der Waals surface area (Å²) in [5.74, 6) is -0.742. The van der Waals surface area contributed by atoms with Crippen LogP contribution in [0.4, 0.5) is 0 Å². The number of likely N-dealkylation sites (N-methyl/N-ethyl adjacent to an activating group) is 1. The Labute approximate surface area is 177 Å². The van der Waals surface area contributed by atoms with Gasteiger partial charge in [0.2, 0.25) is 0 Å². The molecule has 0 bridgehead atoms. The number of hydrogen-bond donors (Lipinski definition) is 1. The van der Waals surface area contributed by atoms with Gasteiger partial charge in [-0.1, -0.05) is 29.8 Å². The molecule has 1 amide bonds. The predicted octanol–water partition coefficient (Wildman–Crippen LogP) is 3.38. The summed E-state index contributed by atoms with van der Waals surface area (Å²) in [6.07, 6.45) is 0. The highest BCUT2D eigenvalue weighted by Crippen LogP contribution is 2.39. The number of aliphatic hydroxyl groups is 1. The molecule has 30 heavy (non-hydrogen) atoms. The molecule has 1 aliphatic rings. The van der Waals surface area contributed by atoms with E-state index in [1.807, 2.05) is 57.1 Å². The normalized spacial score (nSPS) is 18.3. The van der Waals surface area contributed by atoms with Crippen LogP contribution in [0.5, 0.6) is 5.75 Å². The molecular formula is C24H28N2O4. The molecule has 1 atom stereocenters. The van der Waals surface area contributed by atoms with E-state index in [2.05, 4.69) is 0 Å². The highest BCUT2D eigenvalue weighted by molar-refractivity contribution is 6.46. The van der Waals surface area contributed by atoms with Crippen LogP contribution in [0.15, 0.2) is 54.1 Å². The lowest BCUT2D eigenvalue weighted by Gasteiger charge is -2.26. The van der Waals surface area contributed by atoms with Crippen LogP contribution in [0, 0.1) is 6.92 Å². The number of likely N-dealkylation sites (tertiary alicyclic amines) is 1. The van der Waals surface area contributed by atoms with E-state index in [4.69, 9.17) is 4.74 Å². The van der Waals surface area contributed by atoms with E-state index in [9.17, 15) is 14.7 Å². The second-order valence-corrected chi connectivity index (χ2v) is 7.67. The first kappa shape index (κ1) is 21.6. The van der Waals surface area contributed by atoms with Crippen LogP contribution in [0.25, 0.3) is 5.76 Å². The van der Waals surface area contributed by atoms with Gasteiger partial charge in [0.05, 0.1) is 18.2 Å². The van der Waals surface area contributed by atoms with Gasteiger partial charge in [-0.2, -0.15) is 0 Å². The average molecular weight is 408 g/mol. The maximum absolute atomic E-state index is 13.0. The third-order valence-corrected chi connectivity index (χ3v) is 5.12. The summed E-state index contributed by atoms with van der Waals surface area (Å²) in [4.78, 5) is 29.3. The highest BCUT2D eigenvalue weighted by atomic mass is 16.5. The molecule has 0 radical (unpaired) electrons. The number of carbonyl (C=O) groups is 2. The van der Waals surface area contributed by atoms with Crippen LogP contribution in [-0.2, 0) is 9.59 Å². The van der Waals surface area contributed by atoms with E-state index in [0.29, 0.717) is 31.0 Å². The first-order valence-corrected chi connectivity index (χ1v) is 10.1. The molecular weight excluding hydrogens is 380 g/mol. The number of carbonyl (C=O) groups excluding carboxylic acids is 2. The van der Waals surface area contributed by atoms with Gasteiger partial charge in [-0.15, -0.1) is 0 Å². The number of nitrogens with zero attached hydrogens (tertiary/aromatic N) is 2. The van der Waals surface area contributed by atoms with Crippen molar-refractivity contribution in [3.63, 3.8) is 0 Å². The average Bonchev–Trinajstić information content (AvgIpc) is 2.97. The Kier molecular flexibility index (Phi) is 6.57. The fourth-order valence-electron chi connectivity index (χ4n) is 3.64. The van der Waals surface area contributed by atoms with Gasteiger partial charge in [0.15, 0.2) is 0 Å². The summed E-state index contributed by atoms with van der Waals surface area (Å²) in [5.41, 5.74) is 2.42. The van der Waals surface area contributed by atoms with Crippen molar-refractivity contribution in [3.8, 4) is 5.75 Å². The smallest absolute Gasteiger partial charge is 0.295 e. The van der Waals surface area contributed by atoms with Crippen LogP contribution in [-0.4, -0.2) is 60.4 Å². The zero-order valence-electron chi connectivity index (χ0n) is 17.9. The van der Waals surface area contributed by atoms with Gasteiger partial charge in [0.25, 0.3) is 11.7 Å². The number of aryl methyl sites for hydroxylation is 1. The minimum absolute atomic E-state index is 0.119. The minimum atomic E-state index is -0.661. The van der Waals surface area contributed by atoms with Gasteiger partial charge in [-0.3, -0.25) is 9.59 Å². The summed E-state index contributed by atoms with van der Waals surface area (Å²) in [5, 5.41) is 11.1. The largest absolute Gasteiger partial charge is 0.507 e. The monoisotopic (exact) mass is 408 g/mol. The van der Waals surface area contributed by atoms with E-state index in [-0.39, 0.29) is 11.3 Å². The first-order chi connectivity index (χ1) is 14.3. The van der Waals surface area contributed by atoms with Gasteiger partial charge in [0, 0.05) is 18.7 Å². The maximum Gasteiger partial charge on any atom is 0.295 e. The SMILES string of the molecule is CCOc1ccc(/C(O)=C2/C(=O)C(=O)N(CCN(C)C)C2c2cccc(C)c2)cc1. The van der Waals surface area contributed by atoms with Gasteiger partial charge in [0.1, 0.15) is 11.5 Å². The molecule has 0 saturated carbocycles. The van der Waals surface area contributed by atoms with E-state index in [0.717, 1.165) is 11.1 Å². The lowest BCUT2D eigenvalue weighted by atomic mass is 9.94. The number of hydrogen-bond acceptors (Lipinski definition) is 5. The van der Waals surface area contributed by atoms with E-state index in [1.54, 1.807) is 29.2 Å². The summed E-state index contributed by atoms with van der Waals surface area (Å²) >= 11 is 0. The molecule has 0 aliphatic carbocycles. The summed E-state index contributed by atoms with van der Waals surface area (Å²) < 4.78 is 5.45. The van der Waals surface area contributed by atoms with Crippen LogP contribution in [0.2, 0.25) is 0 Å². The molecule has 1 heterocycles. The van der Waals surface area contributed by atoms with Gasteiger partial charge in [-0.25, -0.2) is 0 Å². The zero-order valence-corrected chi connectivity index (χ0v) is 17.9. The Bertz CT molecular complexity index is 963. The van der Waals surface area contributed by atoms with Gasteiger partial charge >= 0.3 is 0 Å². The number of aliphatic hydroxyl groups excluding tert-OH is 1. The Morgan fingerprint density at radius 1 is 1.13 bits per heavy atom. The summed E-state index contributed by atoms with van der Waals surface area (Å²) in [6.45, 7) is 5.39. The van der Waals surface area contributed by atoms with Crippen LogP contribution >= 0.6 is 0 Å². The van der Waals surface area contributed by atoms with Crippen LogP contribution in [0.3, 0.4) is 0 Å². The molecule has 1 fully saturated rings. The maximum atomic E-state index is 13.0. The molecule has 1 aliphatic heterocycles. The van der Waals surface area contributed by atoms with Crippen molar-refractivity contribution in [2.24, 2.45) is 0 Å². The molecule has 6 heteroatoms. The molecule has 1 unspecified atom stereocenters. The number of Topliss-reactive ketones (excluding diaryl/α,β-unsaturated/α-hetero) is 1. The Morgan fingerprint density at radius 2 is 1.83 bits per heavy atom. The number of rotatable bonds is 7. The van der Waals surface area contributed by atoms with Crippen molar-refractivity contribution < 1.29 is 19.4 Å². The highest BCUT2D eigenvalue weighted by Gasteiger charge is 2.45. The Morgan fingerprint density at radius 3 is 2.43 bits per heavy atom. The minimum Gasteiger partial charge on any atom is -0.507 e. The van der Waals surface area contributed by atoms with Crippen LogP contribution < -0.4 is 4.74 Å². The van der Waals surface area contributed by atoms with Crippen molar-refractivity contribution in [1.29, 1.82) is 0 Å². The van der Waals surface area contributed by atoms with E-state index >= 15 is 0 Å². The molecule has 6 nitrogen and oxygen atoms in total. The zero-order chi connectivity index (χ0) is 21.8. The van der Waals surface area contributed by atoms with Crippen molar-refractivity contribution in [2.75, 3.05) is 33.8 Å². The summed E-state index contributed by atoms with van der Waals surface area (Å²) in [6, 6.07) is 13.9. The molecule has 1 N–H and O–H groups in total. The summed E-state index contributed by atoms with van der Waals surface area (Å²) in [7, 11) is 3.83. The lowest BCUT2D eigenvalue weighted by Crippen LogP contribution is -2.35. The molecule has 158 valence electrons. The van der Waals surface area contributed by atoms with Crippen LogP contribution in [0.1, 0.15) is 29.7 Å². The Balaban J connectivity index is 2.10. The molecule has 0 spiro atoms. The second-order valence-electron chi connectivity index (χ2n) is 7.67. The first-order valence-electron chi connectivity index (χ1n) is 10.1. The molecule has 1 saturated heterocycles. The topological polar surface area (TPSA) is 70.1 Å². The van der Waals surface area contributed by atoms with Crippen molar-refractivity contribution in [2.45, 2.75) is 19.9 Å². The number of ether oxygens (including phenoxy) is 1. The standard InChI is InChI=1S/C24H28N2O4/c1-5-30-19-11-9-17(10-12-19)22(27)20-21(18-8-6-7-16(2)15-18)26(14-13-25(3)4)24(29)23(20)28/h6-12,15,21,27H,5,13-14H2,1-4H3/b22-20-. The van der Waals surface area contributed by atoms with Crippen molar-refractivity contribution >= 4 is 17.4 Å².